The van der Waals surface area contributed by atoms with E-state index in [4.69, 9.17) is 23.1 Å². The van der Waals surface area contributed by atoms with Crippen molar-refractivity contribution in [1.82, 2.24) is 9.97 Å². The number of benzene rings is 1. The molecule has 1 aromatic carbocycles. The lowest BCUT2D eigenvalue weighted by Gasteiger charge is -2.10. The minimum atomic E-state index is -0.611. The molecule has 4 N–H and O–H groups in total. The van der Waals surface area contributed by atoms with E-state index in [1.165, 1.54) is 0 Å². The average molecular weight is 327 g/mol. The molecule has 0 aliphatic rings. The summed E-state index contributed by atoms with van der Waals surface area (Å²) < 4.78 is 9.56. The molecule has 0 aliphatic heterocycles. The Labute approximate surface area is 132 Å². The molecule has 0 saturated heterocycles. The maximum Gasteiger partial charge on any atom is 0.222 e. The molecule has 0 amide bonds. The van der Waals surface area contributed by atoms with Gasteiger partial charge in [0, 0.05) is 33.9 Å². The van der Waals surface area contributed by atoms with Gasteiger partial charge in [0.25, 0.3) is 0 Å². The number of rotatable bonds is 2. The van der Waals surface area contributed by atoms with Crippen LogP contribution in [0.3, 0.4) is 0 Å². The van der Waals surface area contributed by atoms with Gasteiger partial charge in [0.2, 0.25) is 5.95 Å². The zero-order chi connectivity index (χ0) is 16.0. The summed E-state index contributed by atoms with van der Waals surface area (Å²) >= 11 is 5.86. The third-order valence-electron chi connectivity index (χ3n) is 2.50. The highest BCUT2D eigenvalue weighted by molar-refractivity contribution is 7.83. The van der Waals surface area contributed by atoms with Gasteiger partial charge in [-0.3, -0.25) is 4.21 Å². The number of nitrogen functional groups attached to an aromatic ring is 2. The first-order chi connectivity index (χ1) is 9.85. The van der Waals surface area contributed by atoms with Gasteiger partial charge in [0.1, 0.15) is 5.82 Å². The smallest absolute Gasteiger partial charge is 0.222 e. The van der Waals surface area contributed by atoms with Gasteiger partial charge in [-0.1, -0.05) is 30.7 Å². The largest absolute Gasteiger partial charge is 0.383 e. The summed E-state index contributed by atoms with van der Waals surface area (Å²) in [5.74, 6) is 0.605. The van der Waals surface area contributed by atoms with Crippen LogP contribution >= 0.6 is 11.6 Å². The average Bonchev–Trinajstić information content (AvgIpc) is 2.38. The molecule has 1 heterocycles. The molecular weight excluding hydrogens is 308 g/mol. The Morgan fingerprint density at radius 1 is 1.14 bits per heavy atom. The normalized spacial score (nSPS) is 10.1. The predicted octanol–water partition coefficient (Wildman–Crippen LogP) is 2.52. The Bertz CT molecular complexity index is 628. The van der Waals surface area contributed by atoms with Gasteiger partial charge >= 0.3 is 0 Å². The van der Waals surface area contributed by atoms with Crippen molar-refractivity contribution in [3.8, 4) is 11.1 Å². The van der Waals surface area contributed by atoms with Crippen LogP contribution in [0.25, 0.3) is 11.1 Å². The van der Waals surface area contributed by atoms with Crippen molar-refractivity contribution in [2.45, 2.75) is 13.3 Å². The van der Waals surface area contributed by atoms with Crippen molar-refractivity contribution < 1.29 is 4.21 Å². The van der Waals surface area contributed by atoms with Crippen molar-refractivity contribution in [1.29, 1.82) is 0 Å². The van der Waals surface area contributed by atoms with Crippen molar-refractivity contribution >= 4 is 34.2 Å². The van der Waals surface area contributed by atoms with Crippen LogP contribution in [0.5, 0.6) is 0 Å². The Kier molecular flexibility index (Phi) is 6.58. The molecule has 2 rings (SSSR count). The van der Waals surface area contributed by atoms with Crippen LogP contribution in [0.1, 0.15) is 12.6 Å². The number of hydrogen-bond acceptors (Lipinski definition) is 5. The monoisotopic (exact) mass is 326 g/mol. The lowest BCUT2D eigenvalue weighted by Crippen LogP contribution is -2.06. The number of hydrogen-bond donors (Lipinski definition) is 2. The minimum absolute atomic E-state index is 0.206. The standard InChI is InChI=1S/C12H13ClN4.C2H6OS/c1-2-9-10(11(14)17-12(15)16-9)7-3-5-8(13)6-4-7;1-4(2)3/h3-6H,2H2,1H3,(H4,14,15,16,17);1-2H3. The first kappa shape index (κ1) is 17.4. The first-order valence-corrected chi connectivity index (χ1v) is 8.62. The second-order valence-electron chi connectivity index (χ2n) is 4.39. The van der Waals surface area contributed by atoms with E-state index in [0.29, 0.717) is 10.8 Å². The Balaban J connectivity index is 0.000000491. The summed E-state index contributed by atoms with van der Waals surface area (Å²) in [6.07, 6.45) is 4.02. The van der Waals surface area contributed by atoms with Gasteiger partial charge < -0.3 is 11.5 Å². The Morgan fingerprint density at radius 3 is 2.14 bits per heavy atom. The summed E-state index contributed by atoms with van der Waals surface area (Å²) in [6.45, 7) is 2.00. The fourth-order valence-corrected chi connectivity index (χ4v) is 1.86. The molecule has 0 unspecified atom stereocenters. The molecule has 0 aliphatic carbocycles. The molecule has 1 aromatic heterocycles. The van der Waals surface area contributed by atoms with E-state index < -0.39 is 10.8 Å². The van der Waals surface area contributed by atoms with Gasteiger partial charge in [-0.2, -0.15) is 4.98 Å². The second-order valence-corrected chi connectivity index (χ2v) is 6.31. The number of anilines is 2. The van der Waals surface area contributed by atoms with Crippen LogP contribution in [0.4, 0.5) is 11.8 Å². The highest BCUT2D eigenvalue weighted by Crippen LogP contribution is 2.29. The van der Waals surface area contributed by atoms with E-state index in [1.807, 2.05) is 31.2 Å². The van der Waals surface area contributed by atoms with E-state index in [-0.39, 0.29) is 5.95 Å². The molecule has 2 aromatic rings. The lowest BCUT2D eigenvalue weighted by atomic mass is 10.0. The maximum absolute atomic E-state index is 9.56. The van der Waals surface area contributed by atoms with Crippen molar-refractivity contribution in [2.75, 3.05) is 24.0 Å². The van der Waals surface area contributed by atoms with Crippen molar-refractivity contribution in [3.63, 3.8) is 0 Å². The van der Waals surface area contributed by atoms with Crippen LogP contribution in [0.2, 0.25) is 5.02 Å². The Hall–Kier alpha value is -1.66. The molecule has 7 heteroatoms. The lowest BCUT2D eigenvalue weighted by molar-refractivity contribution is 0.690. The van der Waals surface area contributed by atoms with Crippen LogP contribution in [-0.4, -0.2) is 26.7 Å². The SMILES string of the molecule is CCc1nc(N)nc(N)c1-c1ccc(Cl)cc1.CS(C)=O. The number of halogens is 1. The fraction of sp³-hybridized carbons (Fsp3) is 0.286. The minimum Gasteiger partial charge on any atom is -0.383 e. The summed E-state index contributed by atoms with van der Waals surface area (Å²) in [6, 6.07) is 7.41. The Morgan fingerprint density at radius 2 is 1.67 bits per heavy atom. The zero-order valence-corrected chi connectivity index (χ0v) is 13.8. The highest BCUT2D eigenvalue weighted by Gasteiger charge is 2.11. The van der Waals surface area contributed by atoms with Gasteiger partial charge in [-0.15, -0.1) is 0 Å². The molecule has 114 valence electrons. The van der Waals surface area contributed by atoms with Crippen molar-refractivity contribution in [3.05, 3.63) is 35.0 Å². The number of nitrogens with zero attached hydrogens (tertiary/aromatic N) is 2. The summed E-state index contributed by atoms with van der Waals surface area (Å²) in [5, 5.41) is 0.682. The number of aromatic nitrogens is 2. The second kappa shape index (κ2) is 7.95. The molecule has 0 radical (unpaired) electrons. The first-order valence-electron chi connectivity index (χ1n) is 6.28. The third-order valence-corrected chi connectivity index (χ3v) is 2.75. The summed E-state index contributed by atoms with van der Waals surface area (Å²) in [5.41, 5.74) is 14.1. The number of nitrogens with two attached hydrogens (primary N) is 2. The molecule has 0 spiro atoms. The van der Waals surface area contributed by atoms with E-state index in [2.05, 4.69) is 9.97 Å². The van der Waals surface area contributed by atoms with Crippen LogP contribution < -0.4 is 11.5 Å². The zero-order valence-electron chi connectivity index (χ0n) is 12.3. The van der Waals surface area contributed by atoms with E-state index in [9.17, 15) is 4.21 Å². The topological polar surface area (TPSA) is 94.9 Å². The molecular formula is C14H19ClN4OS. The number of aryl methyl sites for hydroxylation is 1. The van der Waals surface area contributed by atoms with E-state index >= 15 is 0 Å². The highest BCUT2D eigenvalue weighted by atomic mass is 35.5. The molecule has 5 nitrogen and oxygen atoms in total. The molecule has 21 heavy (non-hydrogen) atoms. The summed E-state index contributed by atoms with van der Waals surface area (Å²) in [7, 11) is -0.611. The molecule has 0 saturated carbocycles. The van der Waals surface area contributed by atoms with E-state index in [1.54, 1.807) is 12.5 Å². The van der Waals surface area contributed by atoms with Crippen LogP contribution in [-0.2, 0) is 17.2 Å². The molecule has 0 fully saturated rings. The van der Waals surface area contributed by atoms with Gasteiger partial charge in [-0.25, -0.2) is 4.98 Å². The maximum atomic E-state index is 9.56. The molecule has 0 bridgehead atoms. The van der Waals surface area contributed by atoms with Crippen LogP contribution in [0.15, 0.2) is 24.3 Å². The quantitative estimate of drug-likeness (QED) is 0.884. The van der Waals surface area contributed by atoms with Crippen LogP contribution in [0, 0.1) is 0 Å². The van der Waals surface area contributed by atoms with E-state index in [0.717, 1.165) is 23.2 Å². The predicted molar refractivity (Wildman–Crippen MR) is 90.7 cm³/mol. The van der Waals surface area contributed by atoms with Gasteiger partial charge in [0.15, 0.2) is 0 Å². The third kappa shape index (κ3) is 5.32. The van der Waals surface area contributed by atoms with Gasteiger partial charge in [-0.05, 0) is 24.1 Å². The van der Waals surface area contributed by atoms with Gasteiger partial charge in [0.05, 0.1) is 5.69 Å². The molecule has 0 atom stereocenters. The summed E-state index contributed by atoms with van der Waals surface area (Å²) in [4.78, 5) is 8.20. The fourth-order valence-electron chi connectivity index (χ4n) is 1.73. The van der Waals surface area contributed by atoms with Crippen molar-refractivity contribution in [2.24, 2.45) is 0 Å².